The highest BCUT2D eigenvalue weighted by Crippen LogP contribution is 2.03. The average molecular weight is 339 g/mol. The molecule has 0 bridgehead atoms. The predicted octanol–water partition coefficient (Wildman–Crippen LogP) is 1.26. The molecule has 0 saturated heterocycles. The number of nitrogens with one attached hydrogen (secondary N) is 1. The van der Waals surface area contributed by atoms with Crippen LogP contribution in [0.4, 0.5) is 0 Å². The van der Waals surface area contributed by atoms with Crippen molar-refractivity contribution < 1.29 is 9.53 Å². The van der Waals surface area contributed by atoms with E-state index in [9.17, 15) is 14.4 Å². The van der Waals surface area contributed by atoms with Gasteiger partial charge in [0.1, 0.15) is 0 Å². The summed E-state index contributed by atoms with van der Waals surface area (Å²) in [4.78, 5) is 42.7. The minimum Gasteiger partial charge on any atom is -0.465 e. The number of carbonyl (C=O) groups is 1. The SMILES string of the molecule is O=C(Cc1cccnc1)OCCCn1c(=O)[nH]c2ccccc2c1=O. The highest BCUT2D eigenvalue weighted by atomic mass is 16.5. The largest absolute Gasteiger partial charge is 0.465 e. The summed E-state index contributed by atoms with van der Waals surface area (Å²) in [6, 6.07) is 10.4. The van der Waals surface area contributed by atoms with E-state index in [1.54, 1.807) is 48.8 Å². The summed E-state index contributed by atoms with van der Waals surface area (Å²) in [6.07, 6.45) is 3.76. The van der Waals surface area contributed by atoms with Crippen molar-refractivity contribution in [2.45, 2.75) is 19.4 Å². The first-order chi connectivity index (χ1) is 12.1. The molecule has 0 aliphatic rings. The standard InChI is InChI=1S/C18H17N3O4/c22-16(11-13-5-3-8-19-12-13)25-10-4-9-21-17(23)14-6-1-2-7-15(14)20-18(21)24/h1-3,5-8,12H,4,9-11H2,(H,20,24). The van der Waals surface area contributed by atoms with Crippen molar-refractivity contribution in [1.82, 2.24) is 14.5 Å². The van der Waals surface area contributed by atoms with E-state index in [2.05, 4.69) is 9.97 Å². The Morgan fingerprint density at radius 1 is 1.16 bits per heavy atom. The van der Waals surface area contributed by atoms with Gasteiger partial charge in [0.25, 0.3) is 5.56 Å². The van der Waals surface area contributed by atoms with E-state index in [0.717, 1.165) is 10.1 Å². The molecule has 3 rings (SSSR count). The van der Waals surface area contributed by atoms with Crippen LogP contribution in [0.15, 0.2) is 58.4 Å². The van der Waals surface area contributed by atoms with Crippen LogP contribution in [0.25, 0.3) is 10.9 Å². The second-order valence-corrected chi connectivity index (χ2v) is 5.54. The van der Waals surface area contributed by atoms with Gasteiger partial charge in [-0.3, -0.25) is 19.1 Å². The van der Waals surface area contributed by atoms with E-state index in [1.165, 1.54) is 0 Å². The minimum atomic E-state index is -0.467. The molecule has 0 unspecified atom stereocenters. The van der Waals surface area contributed by atoms with Gasteiger partial charge in [0.15, 0.2) is 0 Å². The normalized spacial score (nSPS) is 10.7. The fourth-order valence-electron chi connectivity index (χ4n) is 2.53. The molecule has 0 aliphatic carbocycles. The van der Waals surface area contributed by atoms with Gasteiger partial charge in [0.2, 0.25) is 0 Å². The molecule has 1 aromatic carbocycles. The summed E-state index contributed by atoms with van der Waals surface area (Å²) in [6.45, 7) is 0.316. The zero-order chi connectivity index (χ0) is 17.6. The van der Waals surface area contributed by atoms with Crippen LogP contribution in [0.3, 0.4) is 0 Å². The number of nitrogens with zero attached hydrogens (tertiary/aromatic N) is 2. The van der Waals surface area contributed by atoms with Crippen LogP contribution < -0.4 is 11.2 Å². The maximum absolute atomic E-state index is 12.3. The molecule has 0 spiro atoms. The van der Waals surface area contributed by atoms with Crippen molar-refractivity contribution in [3.05, 3.63) is 75.2 Å². The van der Waals surface area contributed by atoms with Crippen molar-refractivity contribution in [3.63, 3.8) is 0 Å². The Morgan fingerprint density at radius 3 is 2.80 bits per heavy atom. The molecular formula is C18H17N3O4. The number of benzene rings is 1. The molecule has 2 heterocycles. The Morgan fingerprint density at radius 2 is 2.00 bits per heavy atom. The molecule has 0 fully saturated rings. The third-order valence-electron chi connectivity index (χ3n) is 3.75. The van der Waals surface area contributed by atoms with Gasteiger partial charge < -0.3 is 9.72 Å². The minimum absolute atomic E-state index is 0.137. The number of H-pyrrole nitrogens is 1. The molecule has 0 saturated carbocycles. The maximum atomic E-state index is 12.3. The molecule has 0 atom stereocenters. The van der Waals surface area contributed by atoms with Crippen LogP contribution in [-0.4, -0.2) is 27.1 Å². The van der Waals surface area contributed by atoms with E-state index < -0.39 is 5.69 Å². The number of aromatic amines is 1. The fraction of sp³-hybridized carbons (Fsp3) is 0.222. The molecule has 1 N–H and O–H groups in total. The summed E-state index contributed by atoms with van der Waals surface area (Å²) >= 11 is 0. The van der Waals surface area contributed by atoms with Crippen LogP contribution in [0.1, 0.15) is 12.0 Å². The van der Waals surface area contributed by atoms with Crippen LogP contribution in [-0.2, 0) is 22.5 Å². The van der Waals surface area contributed by atoms with Crippen LogP contribution in [0.2, 0.25) is 0 Å². The molecule has 7 nitrogen and oxygen atoms in total. The smallest absolute Gasteiger partial charge is 0.328 e. The number of hydrogen-bond donors (Lipinski definition) is 1. The molecule has 3 aromatic rings. The molecule has 0 radical (unpaired) electrons. The van der Waals surface area contributed by atoms with Gasteiger partial charge in [-0.2, -0.15) is 0 Å². The van der Waals surface area contributed by atoms with Crippen molar-refractivity contribution in [2.24, 2.45) is 0 Å². The van der Waals surface area contributed by atoms with E-state index in [4.69, 9.17) is 4.74 Å². The number of pyridine rings is 1. The zero-order valence-corrected chi connectivity index (χ0v) is 13.5. The summed E-state index contributed by atoms with van der Waals surface area (Å²) in [5.74, 6) is -0.368. The second-order valence-electron chi connectivity index (χ2n) is 5.54. The lowest BCUT2D eigenvalue weighted by Crippen LogP contribution is -2.35. The Bertz CT molecular complexity index is 992. The number of aromatic nitrogens is 3. The highest BCUT2D eigenvalue weighted by Gasteiger charge is 2.08. The number of esters is 1. The summed E-state index contributed by atoms with van der Waals surface area (Å²) in [5, 5.41) is 0.454. The van der Waals surface area contributed by atoms with Crippen molar-refractivity contribution in [3.8, 4) is 0 Å². The third-order valence-corrected chi connectivity index (χ3v) is 3.75. The second kappa shape index (κ2) is 7.57. The Kier molecular flexibility index (Phi) is 5.03. The van der Waals surface area contributed by atoms with Crippen LogP contribution >= 0.6 is 0 Å². The lowest BCUT2D eigenvalue weighted by Gasteiger charge is -2.07. The predicted molar refractivity (Wildman–Crippen MR) is 92.3 cm³/mol. The topological polar surface area (TPSA) is 94.0 Å². The van der Waals surface area contributed by atoms with E-state index in [1.807, 2.05) is 0 Å². The summed E-state index contributed by atoms with van der Waals surface area (Å²) in [5.41, 5.74) is 0.470. The lowest BCUT2D eigenvalue weighted by molar-refractivity contribution is -0.143. The number of hydrogen-bond acceptors (Lipinski definition) is 5. The van der Waals surface area contributed by atoms with Crippen LogP contribution in [0, 0.1) is 0 Å². The monoisotopic (exact) mass is 339 g/mol. The van der Waals surface area contributed by atoms with Gasteiger partial charge in [0.05, 0.1) is 23.9 Å². The van der Waals surface area contributed by atoms with E-state index in [-0.39, 0.29) is 31.1 Å². The van der Waals surface area contributed by atoms with Gasteiger partial charge in [-0.25, -0.2) is 4.79 Å². The maximum Gasteiger partial charge on any atom is 0.328 e. The van der Waals surface area contributed by atoms with Gasteiger partial charge in [-0.05, 0) is 30.2 Å². The Balaban J connectivity index is 1.57. The number of ether oxygens (including phenoxy) is 1. The number of fused-ring (bicyclic) bond motifs is 1. The Hall–Kier alpha value is -3.22. The van der Waals surface area contributed by atoms with Crippen molar-refractivity contribution in [2.75, 3.05) is 6.61 Å². The third kappa shape index (κ3) is 4.00. The quantitative estimate of drug-likeness (QED) is 0.539. The molecular weight excluding hydrogens is 322 g/mol. The Labute approximate surface area is 142 Å². The van der Waals surface area contributed by atoms with E-state index >= 15 is 0 Å². The fourth-order valence-corrected chi connectivity index (χ4v) is 2.53. The molecule has 25 heavy (non-hydrogen) atoms. The van der Waals surface area contributed by atoms with Gasteiger partial charge in [-0.1, -0.05) is 18.2 Å². The number of rotatable bonds is 6. The summed E-state index contributed by atoms with van der Waals surface area (Å²) in [7, 11) is 0. The molecule has 2 aromatic heterocycles. The number of carbonyl (C=O) groups excluding carboxylic acids is 1. The molecule has 0 amide bonds. The average Bonchev–Trinajstić information content (AvgIpc) is 2.62. The van der Waals surface area contributed by atoms with Crippen molar-refractivity contribution >= 4 is 16.9 Å². The number of para-hydroxylation sites is 1. The van der Waals surface area contributed by atoms with E-state index in [0.29, 0.717) is 17.3 Å². The highest BCUT2D eigenvalue weighted by molar-refractivity contribution is 5.76. The first-order valence-corrected chi connectivity index (χ1v) is 7.91. The molecule has 128 valence electrons. The zero-order valence-electron chi connectivity index (χ0n) is 13.5. The molecule has 7 heteroatoms. The van der Waals surface area contributed by atoms with Crippen molar-refractivity contribution in [1.29, 1.82) is 0 Å². The lowest BCUT2D eigenvalue weighted by atomic mass is 10.2. The van der Waals surface area contributed by atoms with Gasteiger partial charge in [0, 0.05) is 18.9 Å². The van der Waals surface area contributed by atoms with Crippen LogP contribution in [0.5, 0.6) is 0 Å². The molecule has 0 aliphatic heterocycles. The summed E-state index contributed by atoms with van der Waals surface area (Å²) < 4.78 is 6.26. The van der Waals surface area contributed by atoms with Gasteiger partial charge >= 0.3 is 11.7 Å². The first kappa shape index (κ1) is 16.6. The first-order valence-electron chi connectivity index (χ1n) is 7.91. The van der Waals surface area contributed by atoms with Gasteiger partial charge in [-0.15, -0.1) is 0 Å².